The number of anilines is 3. The smallest absolute Gasteiger partial charge is 0.255 e. The van der Waals surface area contributed by atoms with E-state index in [2.05, 4.69) is 19.9 Å². The molecule has 0 aromatic carbocycles. The second-order valence-corrected chi connectivity index (χ2v) is 7.05. The summed E-state index contributed by atoms with van der Waals surface area (Å²) in [5.41, 5.74) is 0.728. The van der Waals surface area contributed by atoms with E-state index in [9.17, 15) is 4.79 Å². The fourth-order valence-electron chi connectivity index (χ4n) is 3.97. The highest BCUT2D eigenvalue weighted by Crippen LogP contribution is 2.38. The van der Waals surface area contributed by atoms with E-state index in [1.54, 1.807) is 29.7 Å². The standard InChI is InChI=1S/C20H25N5O2/c1-2-17-20(26)25(16-4-3-8-21-14-16)19-18(22-9-10-23-19)24(17)11-5-15-6-12-27-13-7-15/h3-4,8-10,14-15,17H,2,5-7,11-13H2,1H3. The first-order valence-electron chi connectivity index (χ1n) is 9.69. The van der Waals surface area contributed by atoms with Crippen molar-refractivity contribution < 1.29 is 9.53 Å². The van der Waals surface area contributed by atoms with E-state index in [1.807, 2.05) is 19.1 Å². The number of hydrogen-bond acceptors (Lipinski definition) is 6. The highest BCUT2D eigenvalue weighted by Gasteiger charge is 2.40. The lowest BCUT2D eigenvalue weighted by molar-refractivity contribution is -0.119. The van der Waals surface area contributed by atoms with Crippen molar-refractivity contribution in [1.29, 1.82) is 0 Å². The minimum Gasteiger partial charge on any atom is -0.381 e. The van der Waals surface area contributed by atoms with Crippen LogP contribution in [-0.2, 0) is 9.53 Å². The first kappa shape index (κ1) is 17.9. The Morgan fingerprint density at radius 2 is 1.93 bits per heavy atom. The van der Waals surface area contributed by atoms with Crippen LogP contribution in [0.5, 0.6) is 0 Å². The summed E-state index contributed by atoms with van der Waals surface area (Å²) in [6, 6.07) is 3.47. The summed E-state index contributed by atoms with van der Waals surface area (Å²) < 4.78 is 5.47. The maximum Gasteiger partial charge on any atom is 0.255 e. The molecule has 2 aromatic heterocycles. The van der Waals surface area contributed by atoms with Crippen molar-refractivity contribution in [2.45, 2.75) is 38.6 Å². The van der Waals surface area contributed by atoms with Crippen LogP contribution in [0.2, 0.25) is 0 Å². The molecule has 0 saturated carbocycles. The first-order valence-corrected chi connectivity index (χ1v) is 9.69. The van der Waals surface area contributed by atoms with E-state index in [0.717, 1.165) is 56.9 Å². The van der Waals surface area contributed by atoms with Gasteiger partial charge in [-0.1, -0.05) is 6.92 Å². The van der Waals surface area contributed by atoms with Crippen molar-refractivity contribution in [3.8, 4) is 0 Å². The molecule has 0 aliphatic carbocycles. The molecular formula is C20H25N5O2. The van der Waals surface area contributed by atoms with Crippen LogP contribution >= 0.6 is 0 Å². The van der Waals surface area contributed by atoms with Crippen molar-refractivity contribution in [2.24, 2.45) is 5.92 Å². The normalized spacial score (nSPS) is 20.6. The Hall–Kier alpha value is -2.54. The third-order valence-corrected chi connectivity index (χ3v) is 5.44. The van der Waals surface area contributed by atoms with Gasteiger partial charge in [-0.3, -0.25) is 14.7 Å². The molecule has 1 unspecified atom stereocenters. The molecule has 1 saturated heterocycles. The van der Waals surface area contributed by atoms with Crippen LogP contribution in [-0.4, -0.2) is 46.7 Å². The number of ether oxygens (including phenoxy) is 1. The topological polar surface area (TPSA) is 71.5 Å². The maximum atomic E-state index is 13.3. The fourth-order valence-corrected chi connectivity index (χ4v) is 3.97. The van der Waals surface area contributed by atoms with E-state index in [-0.39, 0.29) is 11.9 Å². The van der Waals surface area contributed by atoms with Gasteiger partial charge in [0.25, 0.3) is 5.91 Å². The summed E-state index contributed by atoms with van der Waals surface area (Å²) in [6.45, 7) is 4.53. The highest BCUT2D eigenvalue weighted by atomic mass is 16.5. The molecule has 1 amide bonds. The van der Waals surface area contributed by atoms with E-state index < -0.39 is 0 Å². The van der Waals surface area contributed by atoms with Gasteiger partial charge in [-0.05, 0) is 43.7 Å². The second kappa shape index (κ2) is 8.00. The van der Waals surface area contributed by atoms with Crippen LogP contribution in [0.25, 0.3) is 0 Å². The molecule has 0 spiro atoms. The molecule has 2 aliphatic rings. The average Bonchev–Trinajstić information content (AvgIpc) is 2.73. The minimum atomic E-state index is -0.241. The molecule has 7 heteroatoms. The number of carbonyl (C=O) groups excluding carboxylic acids is 1. The van der Waals surface area contributed by atoms with Crippen molar-refractivity contribution in [2.75, 3.05) is 29.6 Å². The molecule has 1 fully saturated rings. The number of rotatable bonds is 5. The molecule has 4 rings (SSSR count). The van der Waals surface area contributed by atoms with Crippen molar-refractivity contribution in [3.63, 3.8) is 0 Å². The van der Waals surface area contributed by atoms with Crippen molar-refractivity contribution in [1.82, 2.24) is 15.0 Å². The van der Waals surface area contributed by atoms with Gasteiger partial charge in [0, 0.05) is 38.3 Å². The Labute approximate surface area is 159 Å². The Bertz CT molecular complexity index is 779. The van der Waals surface area contributed by atoms with Gasteiger partial charge in [-0.25, -0.2) is 9.97 Å². The summed E-state index contributed by atoms with van der Waals surface area (Å²) in [5.74, 6) is 2.04. The summed E-state index contributed by atoms with van der Waals surface area (Å²) in [5, 5.41) is 0. The van der Waals surface area contributed by atoms with E-state index >= 15 is 0 Å². The predicted octanol–water partition coefficient (Wildman–Crippen LogP) is 2.95. The van der Waals surface area contributed by atoms with Gasteiger partial charge < -0.3 is 9.64 Å². The molecule has 142 valence electrons. The van der Waals surface area contributed by atoms with Crippen LogP contribution in [0, 0.1) is 5.92 Å². The number of amides is 1. The van der Waals surface area contributed by atoms with Crippen LogP contribution in [0.4, 0.5) is 17.3 Å². The lowest BCUT2D eigenvalue weighted by atomic mass is 9.95. The van der Waals surface area contributed by atoms with Crippen LogP contribution < -0.4 is 9.80 Å². The van der Waals surface area contributed by atoms with Crippen molar-refractivity contribution >= 4 is 23.2 Å². The summed E-state index contributed by atoms with van der Waals surface area (Å²) in [6.07, 6.45) is 10.7. The van der Waals surface area contributed by atoms with Gasteiger partial charge >= 0.3 is 0 Å². The zero-order valence-corrected chi connectivity index (χ0v) is 15.6. The molecule has 27 heavy (non-hydrogen) atoms. The molecule has 7 nitrogen and oxygen atoms in total. The van der Waals surface area contributed by atoms with Crippen LogP contribution in [0.15, 0.2) is 36.9 Å². The Morgan fingerprint density at radius 1 is 1.15 bits per heavy atom. The zero-order valence-electron chi connectivity index (χ0n) is 15.6. The maximum absolute atomic E-state index is 13.3. The molecule has 0 bridgehead atoms. The lowest BCUT2D eigenvalue weighted by Crippen LogP contribution is -2.53. The van der Waals surface area contributed by atoms with Gasteiger partial charge in [0.1, 0.15) is 6.04 Å². The quantitative estimate of drug-likeness (QED) is 0.809. The highest BCUT2D eigenvalue weighted by molar-refractivity contribution is 6.08. The molecular weight excluding hydrogens is 342 g/mol. The lowest BCUT2D eigenvalue weighted by Gasteiger charge is -2.41. The molecule has 0 N–H and O–H groups in total. The number of hydrogen-bond donors (Lipinski definition) is 0. The SMILES string of the molecule is CCC1C(=O)N(c2cccnc2)c2nccnc2N1CCC1CCOCC1. The third-order valence-electron chi connectivity index (χ3n) is 5.44. The van der Waals surface area contributed by atoms with Gasteiger partial charge in [0.05, 0.1) is 11.9 Å². The first-order chi connectivity index (χ1) is 13.3. The van der Waals surface area contributed by atoms with E-state index in [1.165, 1.54) is 0 Å². The van der Waals surface area contributed by atoms with Crippen LogP contribution in [0.3, 0.4) is 0 Å². The fraction of sp³-hybridized carbons (Fsp3) is 0.500. The Kier molecular flexibility index (Phi) is 5.29. The van der Waals surface area contributed by atoms with Gasteiger partial charge in [0.15, 0.2) is 11.6 Å². The van der Waals surface area contributed by atoms with Crippen molar-refractivity contribution in [3.05, 3.63) is 36.9 Å². The minimum absolute atomic E-state index is 0.0328. The number of aromatic nitrogens is 3. The van der Waals surface area contributed by atoms with Gasteiger partial charge in [-0.15, -0.1) is 0 Å². The molecule has 2 aliphatic heterocycles. The molecule has 2 aromatic rings. The number of fused-ring (bicyclic) bond motifs is 1. The molecule has 4 heterocycles. The zero-order chi connectivity index (χ0) is 18.6. The Balaban J connectivity index is 1.65. The summed E-state index contributed by atoms with van der Waals surface area (Å²) >= 11 is 0. The summed E-state index contributed by atoms with van der Waals surface area (Å²) in [7, 11) is 0. The second-order valence-electron chi connectivity index (χ2n) is 7.05. The predicted molar refractivity (Wildman–Crippen MR) is 103 cm³/mol. The third kappa shape index (κ3) is 3.51. The van der Waals surface area contributed by atoms with E-state index in [0.29, 0.717) is 11.7 Å². The van der Waals surface area contributed by atoms with E-state index in [4.69, 9.17) is 4.74 Å². The largest absolute Gasteiger partial charge is 0.381 e. The average molecular weight is 367 g/mol. The number of pyridine rings is 1. The number of carbonyl (C=O) groups is 1. The van der Waals surface area contributed by atoms with Gasteiger partial charge in [0.2, 0.25) is 0 Å². The number of nitrogens with zero attached hydrogens (tertiary/aromatic N) is 5. The van der Waals surface area contributed by atoms with Crippen LogP contribution in [0.1, 0.15) is 32.6 Å². The monoisotopic (exact) mass is 367 g/mol. The summed E-state index contributed by atoms with van der Waals surface area (Å²) in [4.78, 5) is 30.4. The van der Waals surface area contributed by atoms with Gasteiger partial charge in [-0.2, -0.15) is 0 Å². The molecule has 0 radical (unpaired) electrons. The Morgan fingerprint density at radius 3 is 2.63 bits per heavy atom. The molecule has 1 atom stereocenters.